The highest BCUT2D eigenvalue weighted by molar-refractivity contribution is 5.95. The van der Waals surface area contributed by atoms with E-state index in [0.29, 0.717) is 34.2 Å². The molecule has 1 N–H and O–H groups in total. The van der Waals surface area contributed by atoms with Gasteiger partial charge in [0.15, 0.2) is 11.5 Å². The zero-order valence-corrected chi connectivity index (χ0v) is 19.1. The summed E-state index contributed by atoms with van der Waals surface area (Å²) in [7, 11) is 4.63. The molecule has 0 spiro atoms. The third-order valence-corrected chi connectivity index (χ3v) is 5.12. The maximum absolute atomic E-state index is 13.1. The molecule has 4 aromatic rings. The van der Waals surface area contributed by atoms with Crippen LogP contribution in [0.3, 0.4) is 0 Å². The van der Waals surface area contributed by atoms with Crippen molar-refractivity contribution < 1.29 is 19.0 Å². The molecule has 0 saturated carbocycles. The van der Waals surface area contributed by atoms with Gasteiger partial charge in [0.2, 0.25) is 0 Å². The maximum Gasteiger partial charge on any atom is 0.290 e. The quantitative estimate of drug-likeness (QED) is 0.315. The molecule has 8 nitrogen and oxygen atoms in total. The number of methoxy groups -OCH3 is 3. The first-order chi connectivity index (χ1) is 16.6. The van der Waals surface area contributed by atoms with Crippen LogP contribution in [0.5, 0.6) is 17.2 Å². The number of carbonyl (C=O) groups is 1. The first-order valence-corrected chi connectivity index (χ1v) is 10.5. The van der Waals surface area contributed by atoms with Crippen LogP contribution >= 0.6 is 0 Å². The van der Waals surface area contributed by atoms with Gasteiger partial charge in [-0.2, -0.15) is 10.2 Å². The van der Waals surface area contributed by atoms with Crippen LogP contribution in [-0.4, -0.2) is 43.2 Å². The Labute approximate surface area is 197 Å². The molecule has 1 heterocycles. The number of hydrazone groups is 1. The number of aromatic nitrogens is 2. The molecular formula is C26H24N4O4. The molecule has 0 unspecified atom stereocenters. The number of benzene rings is 3. The van der Waals surface area contributed by atoms with E-state index in [4.69, 9.17) is 14.2 Å². The van der Waals surface area contributed by atoms with Crippen molar-refractivity contribution in [2.24, 2.45) is 5.10 Å². The number of ether oxygens (including phenoxy) is 3. The summed E-state index contributed by atoms with van der Waals surface area (Å²) in [5.74, 6) is 1.16. The fraction of sp³-hybridized carbons (Fsp3) is 0.115. The van der Waals surface area contributed by atoms with E-state index in [2.05, 4.69) is 15.6 Å². The van der Waals surface area contributed by atoms with Crippen molar-refractivity contribution in [2.75, 3.05) is 21.3 Å². The summed E-state index contributed by atoms with van der Waals surface area (Å²) >= 11 is 0. The van der Waals surface area contributed by atoms with Gasteiger partial charge in [0.05, 0.1) is 38.9 Å². The largest absolute Gasteiger partial charge is 0.496 e. The van der Waals surface area contributed by atoms with Crippen molar-refractivity contribution in [3.8, 4) is 34.2 Å². The minimum atomic E-state index is -0.408. The molecular weight excluding hydrogens is 432 g/mol. The fourth-order valence-electron chi connectivity index (χ4n) is 3.43. The van der Waals surface area contributed by atoms with Gasteiger partial charge in [-0.05, 0) is 24.3 Å². The molecule has 0 atom stereocenters. The van der Waals surface area contributed by atoms with Crippen LogP contribution in [0, 0.1) is 0 Å². The fourth-order valence-corrected chi connectivity index (χ4v) is 3.43. The van der Waals surface area contributed by atoms with E-state index < -0.39 is 5.91 Å². The van der Waals surface area contributed by atoms with Crippen LogP contribution in [0.1, 0.15) is 16.1 Å². The molecule has 3 aromatic carbocycles. The van der Waals surface area contributed by atoms with Gasteiger partial charge < -0.3 is 14.2 Å². The second kappa shape index (κ2) is 10.4. The van der Waals surface area contributed by atoms with Crippen LogP contribution in [0.4, 0.5) is 0 Å². The lowest BCUT2D eigenvalue weighted by molar-refractivity contribution is 0.0947. The standard InChI is InChI=1S/C26H24N4O4/c1-32-23-16-25(34-3)24(33-2)14-19(23)17-27-28-26(31)22-15-21(18-10-6-4-7-11-18)29-30(22)20-12-8-5-9-13-20/h4-17H,1-3H3,(H,28,31)/b27-17+. The molecule has 0 aliphatic rings. The number of carbonyl (C=O) groups excluding carboxylic acids is 1. The molecule has 0 aliphatic carbocycles. The van der Waals surface area contributed by atoms with Gasteiger partial charge in [-0.3, -0.25) is 4.79 Å². The summed E-state index contributed by atoms with van der Waals surface area (Å²) in [5.41, 5.74) is 5.90. The van der Waals surface area contributed by atoms with Crippen molar-refractivity contribution >= 4 is 12.1 Å². The first-order valence-electron chi connectivity index (χ1n) is 10.5. The predicted octanol–water partition coefficient (Wildman–Crippen LogP) is 4.33. The minimum absolute atomic E-state index is 0.349. The third-order valence-electron chi connectivity index (χ3n) is 5.12. The summed E-state index contributed by atoms with van der Waals surface area (Å²) in [6, 6.07) is 24.3. The van der Waals surface area contributed by atoms with Gasteiger partial charge in [-0.1, -0.05) is 48.5 Å². The van der Waals surface area contributed by atoms with E-state index >= 15 is 0 Å². The predicted molar refractivity (Wildman–Crippen MR) is 130 cm³/mol. The Morgan fingerprint density at radius 2 is 1.47 bits per heavy atom. The Hall–Kier alpha value is -4.59. The van der Waals surface area contributed by atoms with E-state index in [9.17, 15) is 4.79 Å². The lowest BCUT2D eigenvalue weighted by Gasteiger charge is -2.11. The average molecular weight is 457 g/mol. The third kappa shape index (κ3) is 4.75. The van der Waals surface area contributed by atoms with Crippen molar-refractivity contribution in [1.29, 1.82) is 0 Å². The highest BCUT2D eigenvalue weighted by Crippen LogP contribution is 2.33. The molecule has 8 heteroatoms. The van der Waals surface area contributed by atoms with Crippen LogP contribution < -0.4 is 19.6 Å². The van der Waals surface area contributed by atoms with Crippen LogP contribution in [-0.2, 0) is 0 Å². The Balaban J connectivity index is 1.63. The maximum atomic E-state index is 13.1. The normalized spacial score (nSPS) is 10.8. The smallest absolute Gasteiger partial charge is 0.290 e. The SMILES string of the molecule is COc1cc(OC)c(OC)cc1/C=N/NC(=O)c1cc(-c2ccccc2)nn1-c1ccccc1. The summed E-state index contributed by atoms with van der Waals surface area (Å²) < 4.78 is 17.6. The highest BCUT2D eigenvalue weighted by Gasteiger charge is 2.17. The van der Waals surface area contributed by atoms with Gasteiger partial charge in [-0.25, -0.2) is 10.1 Å². The minimum Gasteiger partial charge on any atom is -0.496 e. The van der Waals surface area contributed by atoms with Crippen molar-refractivity contribution in [2.45, 2.75) is 0 Å². The number of nitrogens with zero attached hydrogens (tertiary/aromatic N) is 3. The van der Waals surface area contributed by atoms with Crippen molar-refractivity contribution in [1.82, 2.24) is 15.2 Å². The molecule has 0 aliphatic heterocycles. The molecule has 34 heavy (non-hydrogen) atoms. The highest BCUT2D eigenvalue weighted by atomic mass is 16.5. The number of rotatable bonds is 8. The monoisotopic (exact) mass is 456 g/mol. The van der Waals surface area contributed by atoms with Crippen molar-refractivity contribution in [3.05, 3.63) is 90.1 Å². The summed E-state index contributed by atoms with van der Waals surface area (Å²) in [4.78, 5) is 13.1. The summed E-state index contributed by atoms with van der Waals surface area (Å²) in [5, 5.41) is 8.79. The Morgan fingerprint density at radius 3 is 2.12 bits per heavy atom. The Bertz CT molecular complexity index is 1300. The number of hydrogen-bond acceptors (Lipinski definition) is 6. The second-order valence-electron chi connectivity index (χ2n) is 7.18. The topological polar surface area (TPSA) is 87.0 Å². The molecule has 4 rings (SSSR count). The number of para-hydroxylation sites is 1. The Kier molecular flexibility index (Phi) is 6.88. The first kappa shape index (κ1) is 22.6. The van der Waals surface area contributed by atoms with E-state index in [1.165, 1.54) is 6.21 Å². The number of nitrogens with one attached hydrogen (secondary N) is 1. The van der Waals surface area contributed by atoms with Crippen LogP contribution in [0.15, 0.2) is 84.0 Å². The van der Waals surface area contributed by atoms with Gasteiger partial charge in [-0.15, -0.1) is 0 Å². The van der Waals surface area contributed by atoms with E-state index in [1.807, 2.05) is 60.7 Å². The van der Waals surface area contributed by atoms with E-state index in [-0.39, 0.29) is 0 Å². The number of hydrogen-bond donors (Lipinski definition) is 1. The molecule has 172 valence electrons. The average Bonchev–Trinajstić information content (AvgIpc) is 3.35. The van der Waals surface area contributed by atoms with Crippen molar-refractivity contribution in [3.63, 3.8) is 0 Å². The summed E-state index contributed by atoms with van der Waals surface area (Å²) in [6.07, 6.45) is 1.49. The Morgan fingerprint density at radius 1 is 0.853 bits per heavy atom. The van der Waals surface area contributed by atoms with Gasteiger partial charge in [0, 0.05) is 17.2 Å². The molecule has 0 radical (unpaired) electrons. The van der Waals surface area contributed by atoms with Gasteiger partial charge in [0.25, 0.3) is 5.91 Å². The number of amides is 1. The molecule has 0 bridgehead atoms. The lowest BCUT2D eigenvalue weighted by Crippen LogP contribution is -2.21. The second-order valence-corrected chi connectivity index (χ2v) is 7.18. The van der Waals surface area contributed by atoms with E-state index in [1.54, 1.807) is 44.2 Å². The zero-order valence-electron chi connectivity index (χ0n) is 19.1. The van der Waals surface area contributed by atoms with Crippen LogP contribution in [0.25, 0.3) is 16.9 Å². The zero-order chi connectivity index (χ0) is 23.9. The molecule has 0 fully saturated rings. The van der Waals surface area contributed by atoms with Crippen LogP contribution in [0.2, 0.25) is 0 Å². The van der Waals surface area contributed by atoms with E-state index in [0.717, 1.165) is 11.3 Å². The molecule has 1 amide bonds. The molecule has 1 aromatic heterocycles. The van der Waals surface area contributed by atoms with Gasteiger partial charge >= 0.3 is 0 Å². The summed E-state index contributed by atoms with van der Waals surface area (Å²) in [6.45, 7) is 0. The van der Waals surface area contributed by atoms with Gasteiger partial charge in [0.1, 0.15) is 11.4 Å². The lowest BCUT2D eigenvalue weighted by atomic mass is 10.1. The molecule has 0 saturated heterocycles.